The van der Waals surface area contributed by atoms with Crippen molar-refractivity contribution < 1.29 is 18.1 Å². The Labute approximate surface area is 186 Å². The normalized spacial score (nSPS) is 12.2. The van der Waals surface area contributed by atoms with Gasteiger partial charge in [0.1, 0.15) is 11.0 Å². The lowest BCUT2D eigenvalue weighted by Gasteiger charge is -2.27. The van der Waals surface area contributed by atoms with Crippen molar-refractivity contribution in [1.29, 1.82) is 0 Å². The first kappa shape index (κ1) is 22.6. The average molecular weight is 482 g/mol. The Bertz CT molecular complexity index is 1230. The van der Waals surface area contributed by atoms with E-state index < -0.39 is 26.9 Å². The van der Waals surface area contributed by atoms with E-state index in [0.717, 1.165) is 33.5 Å². The van der Waals surface area contributed by atoms with E-state index in [-0.39, 0.29) is 16.5 Å². The summed E-state index contributed by atoms with van der Waals surface area (Å²) in [4.78, 5) is 23.2. The van der Waals surface area contributed by atoms with Gasteiger partial charge < -0.3 is 0 Å². The van der Waals surface area contributed by atoms with Crippen molar-refractivity contribution >= 4 is 55.4 Å². The molecule has 1 N–H and O–H groups in total. The molecule has 1 aromatic heterocycles. The van der Waals surface area contributed by atoms with Gasteiger partial charge in [0, 0.05) is 22.7 Å². The van der Waals surface area contributed by atoms with Gasteiger partial charge in [0.25, 0.3) is 5.69 Å². The molecule has 10 nitrogen and oxygen atoms in total. The van der Waals surface area contributed by atoms with E-state index in [0.29, 0.717) is 10.0 Å². The number of nitro benzene ring substituents is 1. The molecule has 2 aromatic carbocycles. The Morgan fingerprint density at radius 3 is 2.52 bits per heavy atom. The average Bonchev–Trinajstić information content (AvgIpc) is 3.16. The van der Waals surface area contributed by atoms with Crippen LogP contribution in [0.25, 0.3) is 10.6 Å². The molecule has 0 aliphatic heterocycles. The summed E-state index contributed by atoms with van der Waals surface area (Å²) in [6.45, 7) is 1.37. The molecule has 162 valence electrons. The molecule has 0 saturated heterocycles. The second-order valence-corrected chi connectivity index (χ2v) is 9.69. The second-order valence-electron chi connectivity index (χ2n) is 6.42. The number of non-ortho nitro benzene ring substituents is 1. The molecular formula is C18H16ClN5O5S2. The number of nitrogens with one attached hydrogen (secondary N) is 1. The van der Waals surface area contributed by atoms with E-state index in [9.17, 15) is 23.3 Å². The van der Waals surface area contributed by atoms with E-state index in [1.165, 1.54) is 25.1 Å². The Kier molecular flexibility index (Phi) is 6.53. The molecule has 0 unspecified atom stereocenters. The zero-order chi connectivity index (χ0) is 22.8. The molecule has 0 fully saturated rings. The maximum Gasteiger partial charge on any atom is 0.271 e. The fourth-order valence-electron chi connectivity index (χ4n) is 2.75. The standard InChI is InChI=1S/C18H16ClN5O5S2/c1-11(23(31(2,28)29)14-4-3-5-15(10-14)24(26)27)16(25)20-18-22-21-17(30-18)12-6-8-13(19)9-7-12/h3-11H,1-2H3,(H,20,22,25)/t11-/m1/s1. The number of anilines is 2. The smallest absolute Gasteiger partial charge is 0.271 e. The van der Waals surface area contributed by atoms with E-state index in [1.807, 2.05) is 0 Å². The molecule has 3 rings (SSSR count). The summed E-state index contributed by atoms with van der Waals surface area (Å²) in [5.41, 5.74) is 0.457. The van der Waals surface area contributed by atoms with Crippen LogP contribution in [0.4, 0.5) is 16.5 Å². The van der Waals surface area contributed by atoms with Gasteiger partial charge in [0.05, 0.1) is 16.9 Å². The van der Waals surface area contributed by atoms with Crippen molar-refractivity contribution in [3.8, 4) is 10.6 Å². The largest absolute Gasteiger partial charge is 0.299 e. The number of benzene rings is 2. The topological polar surface area (TPSA) is 135 Å². The summed E-state index contributed by atoms with van der Waals surface area (Å²) in [5, 5.41) is 22.8. The number of hydrogen-bond donors (Lipinski definition) is 1. The Balaban J connectivity index is 1.83. The number of carbonyl (C=O) groups is 1. The second kappa shape index (κ2) is 8.96. The quantitative estimate of drug-likeness (QED) is 0.402. The Morgan fingerprint density at radius 1 is 1.23 bits per heavy atom. The van der Waals surface area contributed by atoms with Crippen LogP contribution in [0.1, 0.15) is 6.92 Å². The highest BCUT2D eigenvalue weighted by atomic mass is 35.5. The van der Waals surface area contributed by atoms with Crippen molar-refractivity contribution in [3.05, 3.63) is 63.7 Å². The minimum Gasteiger partial charge on any atom is -0.299 e. The maximum absolute atomic E-state index is 12.8. The highest BCUT2D eigenvalue weighted by molar-refractivity contribution is 7.92. The van der Waals surface area contributed by atoms with Gasteiger partial charge in [-0.2, -0.15) is 0 Å². The van der Waals surface area contributed by atoms with Gasteiger partial charge in [-0.25, -0.2) is 8.42 Å². The van der Waals surface area contributed by atoms with Crippen molar-refractivity contribution in [2.45, 2.75) is 13.0 Å². The fourth-order valence-corrected chi connectivity index (χ4v) is 4.79. The predicted molar refractivity (Wildman–Crippen MR) is 119 cm³/mol. The highest BCUT2D eigenvalue weighted by Crippen LogP contribution is 2.29. The summed E-state index contributed by atoms with van der Waals surface area (Å²) in [6.07, 6.45) is 0.916. The minimum atomic E-state index is -3.93. The van der Waals surface area contributed by atoms with Gasteiger partial charge in [-0.1, -0.05) is 41.1 Å². The molecule has 3 aromatic rings. The Morgan fingerprint density at radius 2 is 1.90 bits per heavy atom. The first-order valence-electron chi connectivity index (χ1n) is 8.70. The van der Waals surface area contributed by atoms with Gasteiger partial charge in [-0.3, -0.25) is 24.5 Å². The van der Waals surface area contributed by atoms with Crippen LogP contribution in [0.2, 0.25) is 5.02 Å². The van der Waals surface area contributed by atoms with Gasteiger partial charge in [-0.15, -0.1) is 10.2 Å². The molecule has 0 bridgehead atoms. The van der Waals surface area contributed by atoms with Crippen LogP contribution >= 0.6 is 22.9 Å². The molecule has 0 aliphatic carbocycles. The molecule has 31 heavy (non-hydrogen) atoms. The SMILES string of the molecule is C[C@H](C(=O)Nc1nnc(-c2ccc(Cl)cc2)s1)N(c1cccc([N+](=O)[O-])c1)S(C)(=O)=O. The number of hydrogen-bond acceptors (Lipinski definition) is 8. The number of carbonyl (C=O) groups excluding carboxylic acids is 1. The first-order chi connectivity index (χ1) is 14.6. The summed E-state index contributed by atoms with van der Waals surface area (Å²) >= 11 is 6.98. The fraction of sp³-hybridized carbons (Fsp3) is 0.167. The third-order valence-electron chi connectivity index (χ3n) is 4.13. The van der Waals surface area contributed by atoms with Crippen LogP contribution in [0, 0.1) is 10.1 Å². The lowest BCUT2D eigenvalue weighted by Crippen LogP contribution is -2.45. The molecular weight excluding hydrogens is 466 g/mol. The number of halogens is 1. The number of aromatic nitrogens is 2. The van der Waals surface area contributed by atoms with Gasteiger partial charge in [0.2, 0.25) is 21.1 Å². The number of rotatable bonds is 7. The summed E-state index contributed by atoms with van der Waals surface area (Å²) in [6, 6.07) is 10.7. The van der Waals surface area contributed by atoms with Crippen molar-refractivity contribution in [2.75, 3.05) is 15.9 Å². The van der Waals surface area contributed by atoms with Crippen LogP contribution < -0.4 is 9.62 Å². The molecule has 0 radical (unpaired) electrons. The van der Waals surface area contributed by atoms with Crippen molar-refractivity contribution in [3.63, 3.8) is 0 Å². The summed E-state index contributed by atoms with van der Waals surface area (Å²) in [5.74, 6) is -0.671. The molecule has 0 spiro atoms. The zero-order valence-electron chi connectivity index (χ0n) is 16.2. The maximum atomic E-state index is 12.8. The van der Waals surface area contributed by atoms with E-state index in [4.69, 9.17) is 11.6 Å². The predicted octanol–water partition coefficient (Wildman–Crippen LogP) is 3.56. The van der Waals surface area contributed by atoms with Gasteiger partial charge in [0.15, 0.2) is 0 Å². The number of amides is 1. The van der Waals surface area contributed by atoms with Crippen molar-refractivity contribution in [2.24, 2.45) is 0 Å². The monoisotopic (exact) mass is 481 g/mol. The zero-order valence-corrected chi connectivity index (χ0v) is 18.6. The number of nitro groups is 1. The third-order valence-corrected chi connectivity index (χ3v) is 6.51. The molecule has 0 saturated carbocycles. The first-order valence-corrected chi connectivity index (χ1v) is 11.7. The van der Waals surface area contributed by atoms with Crippen LogP contribution in [-0.2, 0) is 14.8 Å². The van der Waals surface area contributed by atoms with Gasteiger partial charge in [-0.05, 0) is 25.1 Å². The van der Waals surface area contributed by atoms with E-state index in [1.54, 1.807) is 24.3 Å². The van der Waals surface area contributed by atoms with E-state index in [2.05, 4.69) is 15.5 Å². The molecule has 1 amide bonds. The van der Waals surface area contributed by atoms with Gasteiger partial charge >= 0.3 is 0 Å². The van der Waals surface area contributed by atoms with E-state index >= 15 is 0 Å². The lowest BCUT2D eigenvalue weighted by molar-refractivity contribution is -0.384. The van der Waals surface area contributed by atoms with Crippen LogP contribution in [0.5, 0.6) is 0 Å². The molecule has 1 heterocycles. The molecule has 13 heteroatoms. The lowest BCUT2D eigenvalue weighted by atomic mass is 10.2. The Hall–Kier alpha value is -3.09. The third kappa shape index (κ3) is 5.34. The molecule has 0 aliphatic rings. The van der Waals surface area contributed by atoms with Crippen LogP contribution in [-0.4, -0.2) is 41.7 Å². The number of sulfonamides is 1. The van der Waals surface area contributed by atoms with Crippen LogP contribution in [0.3, 0.4) is 0 Å². The number of nitrogens with zero attached hydrogens (tertiary/aromatic N) is 4. The molecule has 1 atom stereocenters. The summed E-state index contributed by atoms with van der Waals surface area (Å²) < 4.78 is 25.6. The van der Waals surface area contributed by atoms with Crippen molar-refractivity contribution in [1.82, 2.24) is 10.2 Å². The summed E-state index contributed by atoms with van der Waals surface area (Å²) in [7, 11) is -3.93. The van der Waals surface area contributed by atoms with Crippen LogP contribution in [0.15, 0.2) is 48.5 Å². The minimum absolute atomic E-state index is 0.00142. The highest BCUT2D eigenvalue weighted by Gasteiger charge is 2.30.